The Kier molecular flexibility index (Phi) is 5.30. The molecule has 3 heterocycles. The standard InChI is InChI=1S/C22H32N6O2/c1-12-13-8-7-9-14(13)24-19-17(12)18(23-5)26-21(27-19)25-15-10-28(6)11-16(15)30-20(29)22(2,3)4/h15-16H,7-11H2,1-6H3,(H2,23,24,25,26,27)/t15-,16-/m0/s1. The smallest absolute Gasteiger partial charge is 0.311 e. The molecule has 4 rings (SSSR count). The number of nitrogens with one attached hydrogen (secondary N) is 2. The Labute approximate surface area is 177 Å². The van der Waals surface area contributed by atoms with Gasteiger partial charge in [0.2, 0.25) is 5.95 Å². The first kappa shape index (κ1) is 20.8. The number of likely N-dealkylation sites (N-methyl/N-ethyl adjacent to an activating group) is 1. The van der Waals surface area contributed by atoms with Crippen LogP contribution in [0.25, 0.3) is 11.0 Å². The molecule has 1 aliphatic carbocycles. The Morgan fingerprint density at radius 2 is 1.93 bits per heavy atom. The van der Waals surface area contributed by atoms with E-state index in [1.165, 1.54) is 11.1 Å². The molecule has 0 saturated carbocycles. The molecule has 8 heteroatoms. The third-order valence-electron chi connectivity index (χ3n) is 6.02. The molecular formula is C22H32N6O2. The number of aromatic nitrogens is 3. The maximum absolute atomic E-state index is 12.4. The molecule has 1 saturated heterocycles. The Morgan fingerprint density at radius 1 is 1.17 bits per heavy atom. The van der Waals surface area contributed by atoms with E-state index < -0.39 is 5.41 Å². The van der Waals surface area contributed by atoms with Gasteiger partial charge in [-0.3, -0.25) is 4.79 Å². The molecule has 0 spiro atoms. The molecule has 0 bridgehead atoms. The van der Waals surface area contributed by atoms with Gasteiger partial charge in [-0.25, -0.2) is 4.98 Å². The predicted octanol–water partition coefficient (Wildman–Crippen LogP) is 2.55. The zero-order valence-corrected chi connectivity index (χ0v) is 18.8. The van der Waals surface area contributed by atoms with Crippen LogP contribution in [-0.2, 0) is 22.4 Å². The zero-order chi connectivity index (χ0) is 21.6. The Morgan fingerprint density at radius 3 is 2.63 bits per heavy atom. The van der Waals surface area contributed by atoms with Gasteiger partial charge in [0.1, 0.15) is 11.9 Å². The van der Waals surface area contributed by atoms with Gasteiger partial charge in [-0.15, -0.1) is 0 Å². The number of aryl methyl sites for hydroxylation is 2. The van der Waals surface area contributed by atoms with Gasteiger partial charge in [-0.05, 0) is 65.1 Å². The second-order valence-corrected chi connectivity index (χ2v) is 9.53. The van der Waals surface area contributed by atoms with E-state index in [0.29, 0.717) is 18.1 Å². The summed E-state index contributed by atoms with van der Waals surface area (Å²) in [5, 5.41) is 7.61. The predicted molar refractivity (Wildman–Crippen MR) is 118 cm³/mol. The molecule has 0 unspecified atom stereocenters. The SMILES string of the molecule is CNc1nc(N[C@H]2CN(C)C[C@@H]2OC(=O)C(C)(C)C)nc2nc3c(c(C)c12)CCC3. The van der Waals surface area contributed by atoms with E-state index in [1.807, 2.05) is 34.9 Å². The van der Waals surface area contributed by atoms with E-state index in [4.69, 9.17) is 19.7 Å². The number of esters is 1. The first-order valence-corrected chi connectivity index (χ1v) is 10.7. The highest BCUT2D eigenvalue weighted by molar-refractivity contribution is 5.91. The van der Waals surface area contributed by atoms with Crippen LogP contribution in [0.4, 0.5) is 11.8 Å². The van der Waals surface area contributed by atoms with Crippen molar-refractivity contribution in [3.05, 3.63) is 16.8 Å². The largest absolute Gasteiger partial charge is 0.458 e. The lowest BCUT2D eigenvalue weighted by atomic mass is 9.97. The number of nitrogens with zero attached hydrogens (tertiary/aromatic N) is 4. The molecule has 162 valence electrons. The van der Waals surface area contributed by atoms with Crippen molar-refractivity contribution in [1.82, 2.24) is 19.9 Å². The van der Waals surface area contributed by atoms with Crippen molar-refractivity contribution in [3.8, 4) is 0 Å². The molecular weight excluding hydrogens is 380 g/mol. The maximum Gasteiger partial charge on any atom is 0.311 e. The summed E-state index contributed by atoms with van der Waals surface area (Å²) in [5.74, 6) is 1.09. The first-order valence-electron chi connectivity index (χ1n) is 10.7. The van der Waals surface area contributed by atoms with Crippen LogP contribution in [0.3, 0.4) is 0 Å². The Hall–Kier alpha value is -2.48. The molecule has 1 aliphatic heterocycles. The van der Waals surface area contributed by atoms with Crippen molar-refractivity contribution >= 4 is 28.8 Å². The number of rotatable bonds is 4. The lowest BCUT2D eigenvalue weighted by Gasteiger charge is -2.25. The average Bonchev–Trinajstić information content (AvgIpc) is 3.27. The normalized spacial score (nSPS) is 21.7. The molecule has 2 aromatic rings. The number of hydrogen-bond donors (Lipinski definition) is 2. The van der Waals surface area contributed by atoms with Crippen molar-refractivity contribution in [3.63, 3.8) is 0 Å². The minimum absolute atomic E-state index is 0.0843. The van der Waals surface area contributed by atoms with Crippen molar-refractivity contribution in [2.75, 3.05) is 37.8 Å². The van der Waals surface area contributed by atoms with Gasteiger partial charge < -0.3 is 20.3 Å². The quantitative estimate of drug-likeness (QED) is 0.740. The van der Waals surface area contributed by atoms with Crippen LogP contribution in [-0.4, -0.2) is 65.2 Å². The Balaban J connectivity index is 1.64. The van der Waals surface area contributed by atoms with E-state index in [2.05, 4.69) is 22.5 Å². The fraction of sp³-hybridized carbons (Fsp3) is 0.636. The summed E-state index contributed by atoms with van der Waals surface area (Å²) in [6.45, 7) is 9.17. The monoisotopic (exact) mass is 412 g/mol. The molecule has 0 amide bonds. The molecule has 30 heavy (non-hydrogen) atoms. The maximum atomic E-state index is 12.4. The number of ether oxygens (including phenoxy) is 1. The second kappa shape index (κ2) is 7.65. The third kappa shape index (κ3) is 3.80. The van der Waals surface area contributed by atoms with Gasteiger partial charge in [-0.1, -0.05) is 0 Å². The van der Waals surface area contributed by atoms with Crippen LogP contribution in [0.1, 0.15) is 44.0 Å². The minimum atomic E-state index is -0.535. The van der Waals surface area contributed by atoms with Gasteiger partial charge in [0, 0.05) is 25.8 Å². The fourth-order valence-corrected chi connectivity index (χ4v) is 4.35. The third-order valence-corrected chi connectivity index (χ3v) is 6.02. The van der Waals surface area contributed by atoms with E-state index in [0.717, 1.165) is 42.7 Å². The number of anilines is 2. The molecule has 1 fully saturated rings. The zero-order valence-electron chi connectivity index (χ0n) is 18.8. The van der Waals surface area contributed by atoms with Crippen LogP contribution in [0.5, 0.6) is 0 Å². The number of carbonyl (C=O) groups excluding carboxylic acids is 1. The van der Waals surface area contributed by atoms with E-state index >= 15 is 0 Å². The van der Waals surface area contributed by atoms with E-state index in [9.17, 15) is 4.79 Å². The highest BCUT2D eigenvalue weighted by Crippen LogP contribution is 2.32. The van der Waals surface area contributed by atoms with Gasteiger partial charge in [0.25, 0.3) is 0 Å². The molecule has 2 aromatic heterocycles. The highest BCUT2D eigenvalue weighted by atomic mass is 16.5. The molecule has 8 nitrogen and oxygen atoms in total. The number of fused-ring (bicyclic) bond motifs is 2. The number of likely N-dealkylation sites (tertiary alicyclic amines) is 1. The molecule has 2 N–H and O–H groups in total. The van der Waals surface area contributed by atoms with E-state index in [1.54, 1.807) is 0 Å². The van der Waals surface area contributed by atoms with Crippen LogP contribution in [0, 0.1) is 12.3 Å². The van der Waals surface area contributed by atoms with Crippen LogP contribution in [0.15, 0.2) is 0 Å². The lowest BCUT2D eigenvalue weighted by molar-refractivity contribution is -0.158. The lowest BCUT2D eigenvalue weighted by Crippen LogP contribution is -2.39. The van der Waals surface area contributed by atoms with Crippen LogP contribution in [0.2, 0.25) is 0 Å². The molecule has 2 atom stereocenters. The molecule has 0 aromatic carbocycles. The fourth-order valence-electron chi connectivity index (χ4n) is 4.35. The van der Waals surface area contributed by atoms with Crippen LogP contribution >= 0.6 is 0 Å². The van der Waals surface area contributed by atoms with Crippen molar-refractivity contribution in [2.24, 2.45) is 5.41 Å². The number of hydrogen-bond acceptors (Lipinski definition) is 8. The van der Waals surface area contributed by atoms with Crippen molar-refractivity contribution < 1.29 is 9.53 Å². The summed E-state index contributed by atoms with van der Waals surface area (Å²) in [5.41, 5.74) is 3.90. The van der Waals surface area contributed by atoms with Gasteiger partial charge in [-0.2, -0.15) is 9.97 Å². The van der Waals surface area contributed by atoms with Crippen molar-refractivity contribution in [1.29, 1.82) is 0 Å². The molecule has 2 aliphatic rings. The summed E-state index contributed by atoms with van der Waals surface area (Å²) < 4.78 is 5.82. The average molecular weight is 413 g/mol. The van der Waals surface area contributed by atoms with Gasteiger partial charge in [0.15, 0.2) is 5.65 Å². The summed E-state index contributed by atoms with van der Waals surface area (Å²) in [6, 6.07) is -0.0843. The Bertz CT molecular complexity index is 984. The van der Waals surface area contributed by atoms with Crippen molar-refractivity contribution in [2.45, 2.75) is 59.1 Å². The number of pyridine rings is 1. The van der Waals surface area contributed by atoms with Crippen LogP contribution < -0.4 is 10.6 Å². The second-order valence-electron chi connectivity index (χ2n) is 9.53. The summed E-state index contributed by atoms with van der Waals surface area (Å²) in [7, 11) is 3.89. The number of carbonyl (C=O) groups is 1. The summed E-state index contributed by atoms with van der Waals surface area (Å²) >= 11 is 0. The first-order chi connectivity index (χ1) is 14.2. The summed E-state index contributed by atoms with van der Waals surface area (Å²) in [6.07, 6.45) is 2.96. The summed E-state index contributed by atoms with van der Waals surface area (Å²) in [4.78, 5) is 28.9. The van der Waals surface area contributed by atoms with Gasteiger partial charge in [0.05, 0.1) is 16.8 Å². The topological polar surface area (TPSA) is 92.3 Å². The van der Waals surface area contributed by atoms with E-state index in [-0.39, 0.29) is 18.1 Å². The van der Waals surface area contributed by atoms with Gasteiger partial charge >= 0.3 is 5.97 Å². The highest BCUT2D eigenvalue weighted by Gasteiger charge is 2.37. The molecule has 0 radical (unpaired) electrons. The minimum Gasteiger partial charge on any atom is -0.458 e.